The minimum Gasteiger partial charge on any atom is -0.297 e. The molecule has 2 heterocycles. The molecule has 2 aromatic rings. The largest absolute Gasteiger partial charge is 0.297 e. The summed E-state index contributed by atoms with van der Waals surface area (Å²) in [6.45, 7) is 4.42. The van der Waals surface area contributed by atoms with Gasteiger partial charge < -0.3 is 0 Å². The number of ketones is 1. The van der Waals surface area contributed by atoms with Crippen molar-refractivity contribution in [2.75, 3.05) is 13.1 Å². The van der Waals surface area contributed by atoms with Crippen LogP contribution in [0.15, 0.2) is 35.2 Å². The van der Waals surface area contributed by atoms with Crippen LogP contribution in [-0.2, 0) is 19.4 Å². The van der Waals surface area contributed by atoms with E-state index in [1.165, 1.54) is 11.1 Å². The summed E-state index contributed by atoms with van der Waals surface area (Å²) >= 11 is 3.31. The fourth-order valence-corrected chi connectivity index (χ4v) is 3.00. The van der Waals surface area contributed by atoms with E-state index in [9.17, 15) is 4.79 Å². The summed E-state index contributed by atoms with van der Waals surface area (Å²) in [6.07, 6.45) is 5.54. The zero-order chi connectivity index (χ0) is 15.5. The molecule has 0 amide bonds. The smallest absolute Gasteiger partial charge is 0.159 e. The lowest BCUT2D eigenvalue weighted by molar-refractivity contribution is 0.101. The van der Waals surface area contributed by atoms with Crippen LogP contribution in [0.2, 0.25) is 0 Å². The zero-order valence-electron chi connectivity index (χ0n) is 12.6. The first kappa shape index (κ1) is 15.3. The molecule has 0 spiro atoms. The van der Waals surface area contributed by atoms with E-state index < -0.39 is 0 Å². The van der Waals surface area contributed by atoms with E-state index >= 15 is 0 Å². The van der Waals surface area contributed by atoms with Crippen molar-refractivity contribution in [2.24, 2.45) is 0 Å². The summed E-state index contributed by atoms with van der Waals surface area (Å²) in [5.41, 5.74) is 4.45. The van der Waals surface area contributed by atoms with Gasteiger partial charge in [0.15, 0.2) is 5.78 Å². The molecule has 0 unspecified atom stereocenters. The normalized spacial score (nSPS) is 15.2. The lowest BCUT2D eigenvalue weighted by Gasteiger charge is -2.18. The Labute approximate surface area is 138 Å². The molecular weight excluding hydrogens is 342 g/mol. The van der Waals surface area contributed by atoms with Crippen molar-refractivity contribution in [2.45, 2.75) is 26.3 Å². The number of carbonyl (C=O) groups is 1. The highest BCUT2D eigenvalue weighted by molar-refractivity contribution is 9.10. The van der Waals surface area contributed by atoms with E-state index in [2.05, 4.69) is 42.9 Å². The molecule has 5 heteroatoms. The fraction of sp³-hybridized carbons (Fsp3) is 0.353. The van der Waals surface area contributed by atoms with Crippen molar-refractivity contribution in [1.29, 1.82) is 0 Å². The van der Waals surface area contributed by atoms with Gasteiger partial charge in [0, 0.05) is 25.2 Å². The number of fused-ring (bicyclic) bond motifs is 1. The molecule has 114 valence electrons. The van der Waals surface area contributed by atoms with Gasteiger partial charge in [-0.25, -0.2) is 4.98 Å². The Morgan fingerprint density at radius 1 is 1.18 bits per heavy atom. The number of Topliss-reactive ketones (excluding diaryl/α,β-unsaturated/α-hetero) is 1. The van der Waals surface area contributed by atoms with Crippen molar-refractivity contribution in [3.05, 3.63) is 57.6 Å². The number of nitrogens with zero attached hydrogens (tertiary/aromatic N) is 3. The van der Waals surface area contributed by atoms with Crippen LogP contribution in [0.3, 0.4) is 0 Å². The summed E-state index contributed by atoms with van der Waals surface area (Å²) in [5.74, 6) is 0.133. The molecule has 0 N–H and O–H groups in total. The number of carbonyl (C=O) groups excluding carboxylic acids is 1. The average Bonchev–Trinajstić information content (AvgIpc) is 2.71. The molecule has 3 rings (SSSR count). The van der Waals surface area contributed by atoms with Gasteiger partial charge in [0.1, 0.15) is 4.60 Å². The van der Waals surface area contributed by atoms with Gasteiger partial charge in [-0.05, 0) is 52.9 Å². The molecule has 22 heavy (non-hydrogen) atoms. The maximum absolute atomic E-state index is 11.5. The molecule has 0 atom stereocenters. The van der Waals surface area contributed by atoms with E-state index in [1.807, 2.05) is 12.3 Å². The highest BCUT2D eigenvalue weighted by Crippen LogP contribution is 2.19. The van der Waals surface area contributed by atoms with Gasteiger partial charge in [-0.15, -0.1) is 0 Å². The predicted molar refractivity (Wildman–Crippen MR) is 88.9 cm³/mol. The number of rotatable bonds is 3. The molecule has 0 bridgehead atoms. The summed E-state index contributed by atoms with van der Waals surface area (Å²) in [4.78, 5) is 22.5. The number of hydrogen-bond acceptors (Lipinski definition) is 4. The second-order valence-electron chi connectivity index (χ2n) is 5.65. The Balaban J connectivity index is 1.70. The lowest BCUT2D eigenvalue weighted by Crippen LogP contribution is -2.26. The van der Waals surface area contributed by atoms with Gasteiger partial charge in [-0.3, -0.25) is 14.7 Å². The molecule has 1 aliphatic heterocycles. The minimum atomic E-state index is 0.133. The SMILES string of the molecule is CC(=O)c1ccc2c(c1)CCN(Cc1cnc(Br)cn1)CC2. The maximum Gasteiger partial charge on any atom is 0.159 e. The molecule has 0 saturated heterocycles. The summed E-state index contributed by atoms with van der Waals surface area (Å²) in [5, 5.41) is 0. The maximum atomic E-state index is 11.5. The third-order valence-electron chi connectivity index (χ3n) is 4.07. The molecule has 0 saturated carbocycles. The van der Waals surface area contributed by atoms with Crippen LogP contribution in [0.4, 0.5) is 0 Å². The fourth-order valence-electron chi connectivity index (χ4n) is 2.80. The van der Waals surface area contributed by atoms with Crippen molar-refractivity contribution in [3.63, 3.8) is 0 Å². The Hall–Kier alpha value is -1.59. The number of aromatic nitrogens is 2. The van der Waals surface area contributed by atoms with E-state index in [0.717, 1.165) is 48.3 Å². The second kappa shape index (κ2) is 6.67. The van der Waals surface area contributed by atoms with Crippen LogP contribution >= 0.6 is 15.9 Å². The van der Waals surface area contributed by atoms with Crippen molar-refractivity contribution < 1.29 is 4.79 Å². The Bertz CT molecular complexity index is 685. The van der Waals surface area contributed by atoms with Crippen LogP contribution < -0.4 is 0 Å². The highest BCUT2D eigenvalue weighted by atomic mass is 79.9. The molecule has 1 aromatic heterocycles. The van der Waals surface area contributed by atoms with Crippen LogP contribution in [0.25, 0.3) is 0 Å². The zero-order valence-corrected chi connectivity index (χ0v) is 14.1. The standard InChI is InChI=1S/C17H18BrN3O/c1-12(22)14-3-2-13-4-6-21(7-5-15(13)8-14)11-16-9-20-17(18)10-19-16/h2-3,8-10H,4-7,11H2,1H3. The first-order chi connectivity index (χ1) is 10.6. The van der Waals surface area contributed by atoms with Crippen LogP contribution in [-0.4, -0.2) is 33.7 Å². The van der Waals surface area contributed by atoms with Crippen LogP contribution in [0, 0.1) is 0 Å². The van der Waals surface area contributed by atoms with E-state index in [0.29, 0.717) is 0 Å². The molecular formula is C17H18BrN3O. The summed E-state index contributed by atoms with van der Waals surface area (Å²) in [6, 6.07) is 6.10. The lowest BCUT2D eigenvalue weighted by atomic mass is 9.99. The Morgan fingerprint density at radius 2 is 1.95 bits per heavy atom. The van der Waals surface area contributed by atoms with E-state index in [-0.39, 0.29) is 5.78 Å². The molecule has 4 nitrogen and oxygen atoms in total. The third kappa shape index (κ3) is 3.59. The van der Waals surface area contributed by atoms with Gasteiger partial charge in [0.2, 0.25) is 0 Å². The Kier molecular flexibility index (Phi) is 4.64. The third-order valence-corrected chi connectivity index (χ3v) is 4.48. The Morgan fingerprint density at radius 3 is 2.64 bits per heavy atom. The second-order valence-corrected chi connectivity index (χ2v) is 6.46. The van der Waals surface area contributed by atoms with Crippen LogP contribution in [0.5, 0.6) is 0 Å². The molecule has 0 fully saturated rings. The summed E-state index contributed by atoms with van der Waals surface area (Å²) in [7, 11) is 0. The minimum absolute atomic E-state index is 0.133. The van der Waals surface area contributed by atoms with Crippen molar-refractivity contribution in [3.8, 4) is 0 Å². The van der Waals surface area contributed by atoms with Crippen LogP contribution in [0.1, 0.15) is 34.1 Å². The van der Waals surface area contributed by atoms with Gasteiger partial charge in [0.05, 0.1) is 18.1 Å². The topological polar surface area (TPSA) is 46.1 Å². The van der Waals surface area contributed by atoms with Gasteiger partial charge in [-0.2, -0.15) is 0 Å². The van der Waals surface area contributed by atoms with Crippen molar-refractivity contribution in [1.82, 2.24) is 14.9 Å². The monoisotopic (exact) mass is 359 g/mol. The van der Waals surface area contributed by atoms with E-state index in [4.69, 9.17) is 0 Å². The quantitative estimate of drug-likeness (QED) is 0.790. The summed E-state index contributed by atoms with van der Waals surface area (Å²) < 4.78 is 0.760. The molecule has 1 aromatic carbocycles. The number of halogens is 1. The molecule has 0 radical (unpaired) electrons. The number of benzene rings is 1. The number of hydrogen-bond donors (Lipinski definition) is 0. The van der Waals surface area contributed by atoms with Gasteiger partial charge in [0.25, 0.3) is 0 Å². The average molecular weight is 360 g/mol. The van der Waals surface area contributed by atoms with Gasteiger partial charge >= 0.3 is 0 Å². The first-order valence-corrected chi connectivity index (χ1v) is 8.22. The first-order valence-electron chi connectivity index (χ1n) is 7.43. The predicted octanol–water partition coefficient (Wildman–Crippen LogP) is 3.04. The highest BCUT2D eigenvalue weighted by Gasteiger charge is 2.15. The van der Waals surface area contributed by atoms with Crippen molar-refractivity contribution >= 4 is 21.7 Å². The van der Waals surface area contributed by atoms with E-state index in [1.54, 1.807) is 13.1 Å². The molecule has 1 aliphatic rings. The molecule has 0 aliphatic carbocycles. The van der Waals surface area contributed by atoms with Gasteiger partial charge in [-0.1, -0.05) is 12.1 Å².